The molecule has 3 aromatic rings. The van der Waals surface area contributed by atoms with Gasteiger partial charge in [0, 0.05) is 6.04 Å². The summed E-state index contributed by atoms with van der Waals surface area (Å²) in [6, 6.07) is 23.9. The second-order valence-corrected chi connectivity index (χ2v) is 9.70. The summed E-state index contributed by atoms with van der Waals surface area (Å²) < 4.78 is 11.9. The number of nitrogens with zero attached hydrogens (tertiary/aromatic N) is 2. The van der Waals surface area contributed by atoms with Crippen molar-refractivity contribution in [2.75, 3.05) is 6.61 Å². The number of aliphatic imine (C=N–C) groups is 1. The summed E-state index contributed by atoms with van der Waals surface area (Å²) in [6.07, 6.45) is 2.75. The normalized spacial score (nSPS) is 16.6. The van der Waals surface area contributed by atoms with Gasteiger partial charge in [-0.15, -0.1) is 0 Å². The SMILES string of the molecule is CCOc1cc(/C=C2/SC(=Nc3ccc(C)cc3)N([C@H](C)CC)C2=O)ccc1OCc1ccccc1. The van der Waals surface area contributed by atoms with Crippen LogP contribution in [0.3, 0.4) is 0 Å². The Morgan fingerprint density at radius 1 is 0.972 bits per heavy atom. The van der Waals surface area contributed by atoms with Gasteiger partial charge in [-0.05, 0) is 80.4 Å². The molecule has 0 spiro atoms. The van der Waals surface area contributed by atoms with Crippen LogP contribution in [0.15, 0.2) is 82.7 Å². The van der Waals surface area contributed by atoms with Gasteiger partial charge in [-0.2, -0.15) is 0 Å². The van der Waals surface area contributed by atoms with Crippen molar-refractivity contribution in [2.45, 2.75) is 46.8 Å². The second-order valence-electron chi connectivity index (χ2n) is 8.69. The molecule has 0 bridgehead atoms. The minimum Gasteiger partial charge on any atom is -0.490 e. The smallest absolute Gasteiger partial charge is 0.266 e. The quantitative estimate of drug-likeness (QED) is 0.288. The molecule has 36 heavy (non-hydrogen) atoms. The van der Waals surface area contributed by atoms with Crippen molar-refractivity contribution in [1.82, 2.24) is 4.90 Å². The highest BCUT2D eigenvalue weighted by Gasteiger charge is 2.36. The van der Waals surface area contributed by atoms with Crippen molar-refractivity contribution < 1.29 is 14.3 Å². The predicted molar refractivity (Wildman–Crippen MR) is 149 cm³/mol. The van der Waals surface area contributed by atoms with Crippen molar-refractivity contribution in [3.63, 3.8) is 0 Å². The van der Waals surface area contributed by atoms with Gasteiger partial charge in [-0.25, -0.2) is 4.99 Å². The van der Waals surface area contributed by atoms with E-state index in [4.69, 9.17) is 14.5 Å². The van der Waals surface area contributed by atoms with Crippen molar-refractivity contribution in [2.24, 2.45) is 4.99 Å². The van der Waals surface area contributed by atoms with Crippen LogP contribution in [0, 0.1) is 6.92 Å². The zero-order valence-electron chi connectivity index (χ0n) is 21.2. The van der Waals surface area contributed by atoms with Gasteiger partial charge in [0.2, 0.25) is 0 Å². The van der Waals surface area contributed by atoms with E-state index in [1.165, 1.54) is 17.3 Å². The number of aryl methyl sites for hydroxylation is 1. The van der Waals surface area contributed by atoms with E-state index in [2.05, 4.69) is 13.8 Å². The highest BCUT2D eigenvalue weighted by Crippen LogP contribution is 2.37. The summed E-state index contributed by atoms with van der Waals surface area (Å²) in [5.74, 6) is 1.31. The fraction of sp³-hybridized carbons (Fsp3) is 0.267. The Morgan fingerprint density at radius 3 is 2.42 bits per heavy atom. The number of hydrogen-bond donors (Lipinski definition) is 0. The van der Waals surface area contributed by atoms with E-state index in [-0.39, 0.29) is 11.9 Å². The molecule has 1 aliphatic heterocycles. The highest BCUT2D eigenvalue weighted by molar-refractivity contribution is 8.18. The number of hydrogen-bond acceptors (Lipinski definition) is 5. The van der Waals surface area contributed by atoms with Gasteiger partial charge < -0.3 is 9.47 Å². The molecule has 186 valence electrons. The average molecular weight is 501 g/mol. The lowest BCUT2D eigenvalue weighted by molar-refractivity contribution is -0.123. The first kappa shape index (κ1) is 25.6. The van der Waals surface area contributed by atoms with Crippen LogP contribution in [0.25, 0.3) is 6.08 Å². The Morgan fingerprint density at radius 2 is 1.72 bits per heavy atom. The van der Waals surface area contributed by atoms with Crippen LogP contribution < -0.4 is 9.47 Å². The molecule has 1 aliphatic rings. The van der Waals surface area contributed by atoms with E-state index in [9.17, 15) is 4.79 Å². The van der Waals surface area contributed by atoms with Crippen molar-refractivity contribution in [3.05, 3.63) is 94.4 Å². The average Bonchev–Trinajstić information content (AvgIpc) is 3.19. The number of carbonyl (C=O) groups is 1. The topological polar surface area (TPSA) is 51.1 Å². The third kappa shape index (κ3) is 6.18. The first-order chi connectivity index (χ1) is 17.5. The Hall–Kier alpha value is -3.51. The Balaban J connectivity index is 1.60. The van der Waals surface area contributed by atoms with Gasteiger partial charge in [-0.1, -0.05) is 61.0 Å². The number of carbonyl (C=O) groups excluding carboxylic acids is 1. The highest BCUT2D eigenvalue weighted by atomic mass is 32.2. The molecule has 5 nitrogen and oxygen atoms in total. The molecule has 1 fully saturated rings. The van der Waals surface area contributed by atoms with E-state index in [1.54, 1.807) is 4.90 Å². The number of amides is 1. The lowest BCUT2D eigenvalue weighted by Gasteiger charge is -2.22. The van der Waals surface area contributed by atoms with Gasteiger partial charge in [0.1, 0.15) is 6.61 Å². The maximum absolute atomic E-state index is 13.4. The first-order valence-electron chi connectivity index (χ1n) is 12.3. The molecule has 0 aliphatic carbocycles. The minimum absolute atomic E-state index is 0.0254. The number of ether oxygens (including phenoxy) is 2. The van der Waals surface area contributed by atoms with E-state index in [0.29, 0.717) is 34.8 Å². The summed E-state index contributed by atoms with van der Waals surface area (Å²) in [6.45, 7) is 9.10. The molecule has 0 saturated carbocycles. The molecule has 1 amide bonds. The zero-order chi connectivity index (χ0) is 25.5. The predicted octanol–water partition coefficient (Wildman–Crippen LogP) is 7.38. The Bertz CT molecular complexity index is 1250. The summed E-state index contributed by atoms with van der Waals surface area (Å²) >= 11 is 1.41. The molecular formula is C30H32N2O3S. The maximum Gasteiger partial charge on any atom is 0.266 e. The van der Waals surface area contributed by atoms with Crippen LogP contribution in [0.4, 0.5) is 5.69 Å². The molecule has 0 aromatic heterocycles. The van der Waals surface area contributed by atoms with Crippen LogP contribution in [-0.2, 0) is 11.4 Å². The molecule has 4 rings (SSSR count). The number of thioether (sulfide) groups is 1. The van der Waals surface area contributed by atoms with Crippen molar-refractivity contribution in [1.29, 1.82) is 0 Å². The number of amidine groups is 1. The van der Waals surface area contributed by atoms with Gasteiger partial charge >= 0.3 is 0 Å². The summed E-state index contributed by atoms with van der Waals surface area (Å²) in [5.41, 5.74) is 3.98. The van der Waals surface area contributed by atoms with Gasteiger partial charge in [0.05, 0.1) is 17.2 Å². The Labute approximate surface area is 217 Å². The largest absolute Gasteiger partial charge is 0.490 e. The standard InChI is InChI=1S/C30H32N2O3S/c1-5-22(4)32-29(33)28(36-30(32)31-25-15-12-21(3)13-16-25)19-24-14-17-26(27(18-24)34-6-2)35-20-23-10-8-7-9-11-23/h7-19,22H,5-6,20H2,1-4H3/b28-19+,31-30?/t22-/m1/s1. The molecular weight excluding hydrogens is 468 g/mol. The van der Waals surface area contributed by atoms with E-state index in [1.807, 2.05) is 92.7 Å². The number of rotatable bonds is 9. The lowest BCUT2D eigenvalue weighted by atomic mass is 10.1. The molecule has 0 N–H and O–H groups in total. The van der Waals surface area contributed by atoms with Crippen LogP contribution in [0.5, 0.6) is 11.5 Å². The van der Waals surface area contributed by atoms with Crippen LogP contribution in [0.2, 0.25) is 0 Å². The third-order valence-corrected chi connectivity index (χ3v) is 6.91. The summed E-state index contributed by atoms with van der Waals surface area (Å²) in [4.78, 5) is 20.7. The molecule has 1 saturated heterocycles. The third-order valence-electron chi connectivity index (χ3n) is 5.93. The molecule has 1 heterocycles. The second kappa shape index (κ2) is 12.0. The van der Waals surface area contributed by atoms with E-state index >= 15 is 0 Å². The lowest BCUT2D eigenvalue weighted by Crippen LogP contribution is -2.36. The van der Waals surface area contributed by atoms with Gasteiger partial charge in [0.15, 0.2) is 16.7 Å². The van der Waals surface area contributed by atoms with Crippen LogP contribution in [0.1, 0.15) is 43.9 Å². The minimum atomic E-state index is -0.0254. The van der Waals surface area contributed by atoms with E-state index < -0.39 is 0 Å². The van der Waals surface area contributed by atoms with Crippen LogP contribution >= 0.6 is 11.8 Å². The molecule has 0 unspecified atom stereocenters. The van der Waals surface area contributed by atoms with Gasteiger partial charge in [0.25, 0.3) is 5.91 Å². The van der Waals surface area contributed by atoms with E-state index in [0.717, 1.165) is 23.2 Å². The van der Waals surface area contributed by atoms with Gasteiger partial charge in [-0.3, -0.25) is 9.69 Å². The summed E-state index contributed by atoms with van der Waals surface area (Å²) in [7, 11) is 0. The zero-order valence-corrected chi connectivity index (χ0v) is 22.0. The number of benzene rings is 3. The monoisotopic (exact) mass is 500 g/mol. The summed E-state index contributed by atoms with van der Waals surface area (Å²) in [5, 5.41) is 0.706. The van der Waals surface area contributed by atoms with Crippen LogP contribution in [-0.4, -0.2) is 28.6 Å². The fourth-order valence-electron chi connectivity index (χ4n) is 3.75. The first-order valence-corrected chi connectivity index (χ1v) is 13.1. The maximum atomic E-state index is 13.4. The Kier molecular flexibility index (Phi) is 8.49. The molecule has 6 heteroatoms. The van der Waals surface area contributed by atoms with Crippen molar-refractivity contribution >= 4 is 34.6 Å². The molecule has 0 radical (unpaired) electrons. The fourth-order valence-corrected chi connectivity index (χ4v) is 4.84. The van der Waals surface area contributed by atoms with Crippen molar-refractivity contribution in [3.8, 4) is 11.5 Å². The molecule has 3 aromatic carbocycles. The molecule has 1 atom stereocenters.